The van der Waals surface area contributed by atoms with E-state index in [0.717, 1.165) is 0 Å². The molecule has 0 fully saturated rings. The zero-order valence-corrected chi connectivity index (χ0v) is 12.5. The lowest BCUT2D eigenvalue weighted by Crippen LogP contribution is -2.21. The summed E-state index contributed by atoms with van der Waals surface area (Å²) >= 11 is 0. The first-order chi connectivity index (χ1) is 11.1. The standard InChI is InChI=1S/C16H16N4O3/c1-11(19-20-16(22)12-6-8-18-9-7-12)13-4-2-3-5-14(13)23-10-15(17)21/h2-9H,10H2,1H3,(H2,17,21)(H,20,22)/b19-11-. The highest BCUT2D eigenvalue weighted by Crippen LogP contribution is 2.18. The van der Waals surface area contributed by atoms with E-state index in [0.29, 0.717) is 22.6 Å². The fourth-order valence-corrected chi connectivity index (χ4v) is 1.80. The summed E-state index contributed by atoms with van der Waals surface area (Å²) in [6.45, 7) is 1.49. The van der Waals surface area contributed by atoms with Crippen LogP contribution in [0.1, 0.15) is 22.8 Å². The van der Waals surface area contributed by atoms with E-state index >= 15 is 0 Å². The minimum Gasteiger partial charge on any atom is -0.483 e. The first kappa shape index (κ1) is 16.2. The number of carbonyl (C=O) groups excluding carboxylic acids is 2. The van der Waals surface area contributed by atoms with E-state index in [1.165, 1.54) is 12.4 Å². The second-order valence-electron chi connectivity index (χ2n) is 4.63. The van der Waals surface area contributed by atoms with E-state index in [9.17, 15) is 9.59 Å². The van der Waals surface area contributed by atoms with Crippen molar-refractivity contribution in [1.82, 2.24) is 10.4 Å². The number of ether oxygens (including phenoxy) is 1. The number of carbonyl (C=O) groups is 2. The molecular weight excluding hydrogens is 296 g/mol. The largest absolute Gasteiger partial charge is 0.483 e. The average Bonchev–Trinajstić information content (AvgIpc) is 2.58. The molecule has 2 aromatic rings. The van der Waals surface area contributed by atoms with Crippen molar-refractivity contribution in [3.8, 4) is 5.75 Å². The summed E-state index contributed by atoms with van der Waals surface area (Å²) in [4.78, 5) is 26.6. The van der Waals surface area contributed by atoms with E-state index in [1.807, 2.05) is 0 Å². The Morgan fingerprint density at radius 3 is 2.61 bits per heavy atom. The molecule has 7 nitrogen and oxygen atoms in total. The number of rotatable bonds is 6. The lowest BCUT2D eigenvalue weighted by molar-refractivity contribution is -0.119. The van der Waals surface area contributed by atoms with Crippen LogP contribution < -0.4 is 15.9 Å². The lowest BCUT2D eigenvalue weighted by atomic mass is 10.1. The van der Waals surface area contributed by atoms with Crippen LogP contribution in [0.15, 0.2) is 53.9 Å². The van der Waals surface area contributed by atoms with Crippen LogP contribution in [0.25, 0.3) is 0 Å². The van der Waals surface area contributed by atoms with E-state index < -0.39 is 5.91 Å². The van der Waals surface area contributed by atoms with Crippen LogP contribution in [0.2, 0.25) is 0 Å². The summed E-state index contributed by atoms with van der Waals surface area (Å²) in [5.74, 6) is -0.451. The van der Waals surface area contributed by atoms with E-state index in [4.69, 9.17) is 10.5 Å². The number of nitrogens with one attached hydrogen (secondary N) is 1. The molecule has 118 valence electrons. The number of nitrogens with two attached hydrogens (primary N) is 1. The molecule has 0 aliphatic heterocycles. The van der Waals surface area contributed by atoms with Crippen LogP contribution in [0.4, 0.5) is 0 Å². The molecule has 0 unspecified atom stereocenters. The molecule has 1 aromatic heterocycles. The third-order valence-corrected chi connectivity index (χ3v) is 2.91. The van der Waals surface area contributed by atoms with Crippen molar-refractivity contribution in [2.24, 2.45) is 10.8 Å². The molecule has 0 saturated carbocycles. The third kappa shape index (κ3) is 4.63. The summed E-state index contributed by atoms with van der Waals surface area (Å²) in [7, 11) is 0. The molecule has 3 N–H and O–H groups in total. The molecule has 0 spiro atoms. The number of aromatic nitrogens is 1. The maximum atomic E-state index is 11.9. The van der Waals surface area contributed by atoms with Gasteiger partial charge in [0.25, 0.3) is 11.8 Å². The summed E-state index contributed by atoms with van der Waals surface area (Å²) in [5, 5.41) is 4.06. The predicted octanol–water partition coefficient (Wildman–Crippen LogP) is 1.10. The molecule has 1 heterocycles. The molecule has 1 aromatic carbocycles. The monoisotopic (exact) mass is 312 g/mol. The van der Waals surface area contributed by atoms with Crippen molar-refractivity contribution in [2.75, 3.05) is 6.61 Å². The highest BCUT2D eigenvalue weighted by Gasteiger charge is 2.09. The molecule has 7 heteroatoms. The van der Waals surface area contributed by atoms with Gasteiger partial charge in [-0.25, -0.2) is 5.43 Å². The second kappa shape index (κ2) is 7.69. The molecule has 23 heavy (non-hydrogen) atoms. The number of hydrazone groups is 1. The number of pyridine rings is 1. The summed E-state index contributed by atoms with van der Waals surface area (Å²) < 4.78 is 5.33. The molecule has 0 atom stereocenters. The zero-order valence-electron chi connectivity index (χ0n) is 12.5. The van der Waals surface area contributed by atoms with Crippen LogP contribution in [-0.4, -0.2) is 29.1 Å². The van der Waals surface area contributed by atoms with Crippen molar-refractivity contribution in [2.45, 2.75) is 6.92 Å². The summed E-state index contributed by atoms with van der Waals surface area (Å²) in [6.07, 6.45) is 3.05. The Morgan fingerprint density at radius 2 is 1.91 bits per heavy atom. The summed E-state index contributed by atoms with van der Waals surface area (Å²) in [5.41, 5.74) is 9.18. The quantitative estimate of drug-likeness (QED) is 0.615. The van der Waals surface area contributed by atoms with Gasteiger partial charge in [-0.15, -0.1) is 0 Å². The normalized spacial score (nSPS) is 10.9. The van der Waals surface area contributed by atoms with Gasteiger partial charge in [0.05, 0.1) is 5.71 Å². The van der Waals surface area contributed by atoms with Gasteiger partial charge in [-0.2, -0.15) is 5.10 Å². The van der Waals surface area contributed by atoms with Crippen molar-refractivity contribution in [1.29, 1.82) is 0 Å². The van der Waals surface area contributed by atoms with Crippen LogP contribution in [-0.2, 0) is 4.79 Å². The number of hydrogen-bond donors (Lipinski definition) is 2. The fraction of sp³-hybridized carbons (Fsp3) is 0.125. The Labute approximate surface area is 133 Å². The SMILES string of the molecule is C/C(=N/NC(=O)c1ccncc1)c1ccccc1OCC(N)=O. The van der Waals surface area contributed by atoms with Gasteiger partial charge >= 0.3 is 0 Å². The first-order valence-electron chi connectivity index (χ1n) is 6.83. The van der Waals surface area contributed by atoms with Crippen LogP contribution >= 0.6 is 0 Å². The van der Waals surface area contributed by atoms with Crippen molar-refractivity contribution in [3.05, 3.63) is 59.9 Å². The topological polar surface area (TPSA) is 107 Å². The van der Waals surface area contributed by atoms with Crippen LogP contribution in [0.5, 0.6) is 5.75 Å². The molecule has 0 radical (unpaired) electrons. The number of para-hydroxylation sites is 1. The number of benzene rings is 1. The fourth-order valence-electron chi connectivity index (χ4n) is 1.80. The minimum absolute atomic E-state index is 0.229. The molecular formula is C16H16N4O3. The maximum Gasteiger partial charge on any atom is 0.271 e. The molecule has 0 saturated heterocycles. The van der Waals surface area contributed by atoms with Crippen LogP contribution in [0.3, 0.4) is 0 Å². The van der Waals surface area contributed by atoms with E-state index in [-0.39, 0.29) is 12.5 Å². The Balaban J connectivity index is 2.12. The van der Waals surface area contributed by atoms with Gasteiger partial charge in [-0.1, -0.05) is 12.1 Å². The average molecular weight is 312 g/mol. The zero-order chi connectivity index (χ0) is 16.7. The molecule has 0 aliphatic carbocycles. The number of primary amides is 1. The Kier molecular flexibility index (Phi) is 5.40. The van der Waals surface area contributed by atoms with Crippen LogP contribution in [0, 0.1) is 0 Å². The number of amides is 2. The van der Waals surface area contributed by atoms with Crippen molar-refractivity contribution < 1.29 is 14.3 Å². The van der Waals surface area contributed by atoms with Gasteiger partial charge in [0.15, 0.2) is 6.61 Å². The molecule has 0 aliphatic rings. The Bertz CT molecular complexity index is 729. The predicted molar refractivity (Wildman–Crippen MR) is 85.0 cm³/mol. The van der Waals surface area contributed by atoms with E-state index in [2.05, 4.69) is 15.5 Å². The number of hydrogen-bond acceptors (Lipinski definition) is 5. The lowest BCUT2D eigenvalue weighted by Gasteiger charge is -2.10. The molecule has 2 amide bonds. The Morgan fingerprint density at radius 1 is 1.22 bits per heavy atom. The maximum absolute atomic E-state index is 11.9. The van der Waals surface area contributed by atoms with Crippen molar-refractivity contribution >= 4 is 17.5 Å². The van der Waals surface area contributed by atoms with Gasteiger partial charge < -0.3 is 10.5 Å². The summed E-state index contributed by atoms with van der Waals surface area (Å²) in [6, 6.07) is 10.2. The molecule has 0 bridgehead atoms. The smallest absolute Gasteiger partial charge is 0.271 e. The van der Waals surface area contributed by atoms with Gasteiger partial charge in [0.1, 0.15) is 5.75 Å². The van der Waals surface area contributed by atoms with Gasteiger partial charge in [-0.05, 0) is 31.2 Å². The minimum atomic E-state index is -0.569. The van der Waals surface area contributed by atoms with E-state index in [1.54, 1.807) is 43.3 Å². The van der Waals surface area contributed by atoms with Gasteiger partial charge in [-0.3, -0.25) is 14.6 Å². The molecule has 2 rings (SSSR count). The highest BCUT2D eigenvalue weighted by molar-refractivity contribution is 6.02. The van der Waals surface area contributed by atoms with Gasteiger partial charge in [0.2, 0.25) is 0 Å². The van der Waals surface area contributed by atoms with Crippen molar-refractivity contribution in [3.63, 3.8) is 0 Å². The Hall–Kier alpha value is -3.22. The number of nitrogens with zero attached hydrogens (tertiary/aromatic N) is 2. The third-order valence-electron chi connectivity index (χ3n) is 2.91. The second-order valence-corrected chi connectivity index (χ2v) is 4.63. The van der Waals surface area contributed by atoms with Gasteiger partial charge in [0, 0.05) is 23.5 Å². The first-order valence-corrected chi connectivity index (χ1v) is 6.83. The highest BCUT2D eigenvalue weighted by atomic mass is 16.5.